The van der Waals surface area contributed by atoms with Crippen LogP contribution in [-0.2, 0) is 0 Å². The summed E-state index contributed by atoms with van der Waals surface area (Å²) in [6, 6.07) is 44.5. The molecule has 5 aromatic carbocycles. The number of benzene rings is 5. The largest absolute Gasteiger partial charge is 0.308 e. The minimum Gasteiger partial charge on any atom is -0.308 e. The maximum absolute atomic E-state index is 4.67. The molecule has 2 heterocycles. The van der Waals surface area contributed by atoms with Crippen molar-refractivity contribution in [2.24, 2.45) is 0 Å². The van der Waals surface area contributed by atoms with E-state index in [-0.39, 0.29) is 0 Å². The van der Waals surface area contributed by atoms with Crippen LogP contribution in [0.2, 0.25) is 0 Å². The van der Waals surface area contributed by atoms with Crippen LogP contribution in [0, 0.1) is 6.92 Å². The molecule has 182 valence electrons. The van der Waals surface area contributed by atoms with Crippen LogP contribution in [0.3, 0.4) is 0 Å². The van der Waals surface area contributed by atoms with Gasteiger partial charge in [-0.25, -0.2) is 0 Å². The summed E-state index contributed by atoms with van der Waals surface area (Å²) in [4.78, 5) is 4.84. The van der Waals surface area contributed by atoms with Crippen molar-refractivity contribution in [1.29, 1.82) is 0 Å². The van der Waals surface area contributed by atoms with E-state index in [9.17, 15) is 0 Å². The van der Waals surface area contributed by atoms with Gasteiger partial charge in [0.2, 0.25) is 0 Å². The van der Waals surface area contributed by atoms with E-state index in [0.717, 1.165) is 34.2 Å². The van der Waals surface area contributed by atoms with Gasteiger partial charge in [0, 0.05) is 32.3 Å². The Morgan fingerprint density at radius 3 is 1.58 bits per heavy atom. The molecule has 0 unspecified atom stereocenters. The summed E-state index contributed by atoms with van der Waals surface area (Å²) >= 11 is 1.82. The number of para-hydroxylation sites is 3. The van der Waals surface area contributed by atoms with E-state index in [1.807, 2.05) is 30.0 Å². The summed E-state index contributed by atoms with van der Waals surface area (Å²) in [6.07, 6.45) is 0. The van der Waals surface area contributed by atoms with Crippen molar-refractivity contribution >= 4 is 28.8 Å². The summed E-state index contributed by atoms with van der Waals surface area (Å²) in [5.74, 6) is 1.64. The van der Waals surface area contributed by atoms with Crippen molar-refractivity contribution in [3.8, 4) is 28.5 Å². The Morgan fingerprint density at radius 1 is 0.500 bits per heavy atom. The van der Waals surface area contributed by atoms with Gasteiger partial charge in [0.05, 0.1) is 11.4 Å². The van der Waals surface area contributed by atoms with Crippen LogP contribution in [0.5, 0.6) is 0 Å². The summed E-state index contributed by atoms with van der Waals surface area (Å²) in [6.45, 7) is 2.09. The highest BCUT2D eigenvalue weighted by molar-refractivity contribution is 7.99. The van der Waals surface area contributed by atoms with Gasteiger partial charge < -0.3 is 4.90 Å². The lowest BCUT2D eigenvalue weighted by atomic mass is 10.1. The Morgan fingerprint density at radius 2 is 1.00 bits per heavy atom. The number of aryl methyl sites for hydroxylation is 1. The molecule has 38 heavy (non-hydrogen) atoms. The number of fused-ring (bicyclic) bond motifs is 2. The Kier molecular flexibility index (Phi) is 5.56. The number of hydrogen-bond donors (Lipinski definition) is 0. The van der Waals surface area contributed by atoms with E-state index in [4.69, 9.17) is 0 Å². The van der Waals surface area contributed by atoms with Crippen molar-refractivity contribution in [3.63, 3.8) is 0 Å². The Bertz CT molecular complexity index is 1690. The van der Waals surface area contributed by atoms with E-state index in [0.29, 0.717) is 0 Å². The van der Waals surface area contributed by atoms with Gasteiger partial charge in [0.15, 0.2) is 11.6 Å². The molecule has 0 amide bonds. The lowest BCUT2D eigenvalue weighted by molar-refractivity contribution is 1.07. The molecule has 0 fully saturated rings. The topological polar surface area (TPSA) is 34.0 Å². The lowest BCUT2D eigenvalue weighted by Crippen LogP contribution is -2.14. The van der Waals surface area contributed by atoms with Gasteiger partial charge >= 0.3 is 0 Å². The molecule has 5 heteroatoms. The van der Waals surface area contributed by atoms with E-state index < -0.39 is 0 Å². The van der Waals surface area contributed by atoms with Crippen LogP contribution < -0.4 is 4.90 Å². The summed E-state index contributed by atoms with van der Waals surface area (Å²) in [5.41, 5.74) is 7.79. The van der Waals surface area contributed by atoms with Crippen LogP contribution in [0.15, 0.2) is 137 Å². The molecule has 1 aromatic heterocycles. The fourth-order valence-corrected chi connectivity index (χ4v) is 5.98. The smallest absolute Gasteiger partial charge is 0.168 e. The Labute approximate surface area is 226 Å². The SMILES string of the molecule is Cc1ccc(-c2nnc(-c3ccc(N4c5ccccc5Sc5ccccc54)cc3)n2-c2ccccc2)cc1. The van der Waals surface area contributed by atoms with Crippen molar-refractivity contribution < 1.29 is 0 Å². The normalized spacial score (nSPS) is 12.2. The molecular formula is C33H24N4S. The summed E-state index contributed by atoms with van der Waals surface area (Å²) < 4.78 is 2.14. The molecule has 0 bridgehead atoms. The molecule has 1 aliphatic heterocycles. The lowest BCUT2D eigenvalue weighted by Gasteiger charge is -2.32. The fourth-order valence-electron chi connectivity index (χ4n) is 4.92. The minimum absolute atomic E-state index is 0.813. The monoisotopic (exact) mass is 508 g/mol. The van der Waals surface area contributed by atoms with Crippen molar-refractivity contribution in [1.82, 2.24) is 14.8 Å². The number of rotatable bonds is 4. The molecule has 4 nitrogen and oxygen atoms in total. The highest BCUT2D eigenvalue weighted by Crippen LogP contribution is 2.51. The highest BCUT2D eigenvalue weighted by atomic mass is 32.2. The Hall–Kier alpha value is -4.61. The maximum Gasteiger partial charge on any atom is 0.168 e. The zero-order chi connectivity index (χ0) is 25.5. The minimum atomic E-state index is 0.813. The van der Waals surface area contributed by atoms with Crippen LogP contribution >= 0.6 is 11.8 Å². The first kappa shape index (κ1) is 22.6. The average molecular weight is 509 g/mol. The first-order valence-electron chi connectivity index (χ1n) is 12.6. The second-order valence-corrected chi connectivity index (χ2v) is 10.4. The molecule has 0 saturated carbocycles. The number of hydrogen-bond acceptors (Lipinski definition) is 4. The molecule has 6 aromatic rings. The maximum atomic E-state index is 4.67. The quantitative estimate of drug-likeness (QED) is 0.238. The van der Waals surface area contributed by atoms with Gasteiger partial charge in [-0.05, 0) is 67.6 Å². The van der Waals surface area contributed by atoms with Gasteiger partial charge in [0.25, 0.3) is 0 Å². The number of nitrogens with zero attached hydrogens (tertiary/aromatic N) is 4. The molecule has 0 saturated heterocycles. The van der Waals surface area contributed by atoms with Crippen molar-refractivity contribution in [3.05, 3.63) is 133 Å². The highest BCUT2D eigenvalue weighted by Gasteiger charge is 2.24. The third-order valence-corrected chi connectivity index (χ3v) is 7.93. The predicted molar refractivity (Wildman–Crippen MR) is 156 cm³/mol. The molecule has 7 rings (SSSR count). The van der Waals surface area contributed by atoms with Gasteiger partial charge in [-0.15, -0.1) is 10.2 Å². The van der Waals surface area contributed by atoms with E-state index in [1.165, 1.54) is 26.7 Å². The molecule has 0 N–H and O–H groups in total. The van der Waals surface area contributed by atoms with Crippen molar-refractivity contribution in [2.45, 2.75) is 16.7 Å². The third-order valence-electron chi connectivity index (χ3n) is 6.80. The molecule has 0 atom stereocenters. The third kappa shape index (κ3) is 3.88. The van der Waals surface area contributed by atoms with E-state index in [1.54, 1.807) is 0 Å². The molecule has 0 aliphatic carbocycles. The first-order chi connectivity index (χ1) is 18.8. The molecule has 1 aliphatic rings. The van der Waals surface area contributed by atoms with Gasteiger partial charge in [-0.3, -0.25) is 4.57 Å². The summed E-state index contributed by atoms with van der Waals surface area (Å²) in [7, 11) is 0. The van der Waals surface area contributed by atoms with Crippen LogP contribution in [0.25, 0.3) is 28.5 Å². The summed E-state index contributed by atoms with van der Waals surface area (Å²) in [5, 5.41) is 9.31. The van der Waals surface area contributed by atoms with Gasteiger partial charge in [-0.2, -0.15) is 0 Å². The second-order valence-electron chi connectivity index (χ2n) is 9.30. The molecule has 0 radical (unpaired) electrons. The second kappa shape index (κ2) is 9.36. The number of anilines is 3. The first-order valence-corrected chi connectivity index (χ1v) is 13.4. The van der Waals surface area contributed by atoms with Crippen LogP contribution in [0.4, 0.5) is 17.1 Å². The average Bonchev–Trinajstić information content (AvgIpc) is 3.42. The zero-order valence-electron chi connectivity index (χ0n) is 20.8. The van der Waals surface area contributed by atoms with Crippen LogP contribution in [0.1, 0.15) is 5.56 Å². The predicted octanol–water partition coefficient (Wildman–Crippen LogP) is 8.84. The Balaban J connectivity index is 1.34. The van der Waals surface area contributed by atoms with Crippen LogP contribution in [-0.4, -0.2) is 14.8 Å². The van der Waals surface area contributed by atoms with E-state index >= 15 is 0 Å². The van der Waals surface area contributed by atoms with Gasteiger partial charge in [-0.1, -0.05) is 84.1 Å². The van der Waals surface area contributed by atoms with E-state index in [2.05, 4.69) is 136 Å². The fraction of sp³-hybridized carbons (Fsp3) is 0.0303. The van der Waals surface area contributed by atoms with Gasteiger partial charge in [0.1, 0.15) is 0 Å². The zero-order valence-corrected chi connectivity index (χ0v) is 21.6. The number of aromatic nitrogens is 3. The molecular weight excluding hydrogens is 484 g/mol. The van der Waals surface area contributed by atoms with Crippen molar-refractivity contribution in [2.75, 3.05) is 4.90 Å². The molecule has 0 spiro atoms. The standard InChI is InChI=1S/C33H24N4S/c1-23-15-17-24(18-16-23)32-34-35-33(37(32)26-9-3-2-4-10-26)25-19-21-27(22-20-25)36-28-11-5-7-13-30(28)38-31-14-8-6-12-29(31)36/h2-22H,1H3.